The molecule has 0 saturated carbocycles. The van der Waals surface area contributed by atoms with Crippen LogP contribution >= 0.6 is 11.6 Å². The lowest BCUT2D eigenvalue weighted by Gasteiger charge is -2.22. The molecule has 0 spiro atoms. The Kier molecular flexibility index (Phi) is 8.27. The summed E-state index contributed by atoms with van der Waals surface area (Å²) in [7, 11) is 0. The van der Waals surface area contributed by atoms with Crippen molar-refractivity contribution >= 4 is 23.2 Å². The van der Waals surface area contributed by atoms with Gasteiger partial charge in [0.2, 0.25) is 5.43 Å². The molecule has 1 amide bonds. The third-order valence-corrected chi connectivity index (χ3v) is 5.86. The van der Waals surface area contributed by atoms with Gasteiger partial charge >= 0.3 is 0 Å². The number of benzene rings is 1. The van der Waals surface area contributed by atoms with Crippen molar-refractivity contribution in [3.8, 4) is 0 Å². The van der Waals surface area contributed by atoms with Gasteiger partial charge in [0.15, 0.2) is 0 Å². The third kappa shape index (κ3) is 4.96. The lowest BCUT2D eigenvalue weighted by atomic mass is 9.92. The Hall–Kier alpha value is -2.11. The lowest BCUT2D eigenvalue weighted by Crippen LogP contribution is -2.29. The molecule has 2 rings (SSSR count). The molecule has 6 heteroatoms. The van der Waals surface area contributed by atoms with E-state index in [9.17, 15) is 9.59 Å². The molecular formula is C24H33ClN2O3. The summed E-state index contributed by atoms with van der Waals surface area (Å²) in [5.41, 5.74) is 3.74. The summed E-state index contributed by atoms with van der Waals surface area (Å²) in [5.74, 6) is 0.0219. The van der Waals surface area contributed by atoms with Crippen molar-refractivity contribution in [3.05, 3.63) is 61.5 Å². The zero-order valence-corrected chi connectivity index (χ0v) is 19.8. The number of carbonyl (C=O) groups is 1. The highest BCUT2D eigenvalue weighted by Gasteiger charge is 2.23. The molecule has 0 fully saturated rings. The van der Waals surface area contributed by atoms with Crippen molar-refractivity contribution in [2.75, 3.05) is 18.5 Å². The van der Waals surface area contributed by atoms with Crippen LogP contribution in [-0.2, 0) is 11.3 Å². The first-order valence-electron chi connectivity index (χ1n) is 10.5. The van der Waals surface area contributed by atoms with E-state index in [0.29, 0.717) is 31.1 Å². The molecule has 0 aliphatic rings. The zero-order valence-electron chi connectivity index (χ0n) is 19.1. The van der Waals surface area contributed by atoms with Crippen LogP contribution in [-0.4, -0.2) is 23.7 Å². The van der Waals surface area contributed by atoms with Crippen LogP contribution in [0.3, 0.4) is 0 Å². The predicted molar refractivity (Wildman–Crippen MR) is 124 cm³/mol. The fourth-order valence-electron chi connectivity index (χ4n) is 3.72. The van der Waals surface area contributed by atoms with Gasteiger partial charge in [-0.05, 0) is 43.7 Å². The molecule has 0 saturated heterocycles. The number of pyridine rings is 1. The van der Waals surface area contributed by atoms with Gasteiger partial charge in [-0.25, -0.2) is 0 Å². The van der Waals surface area contributed by atoms with Crippen molar-refractivity contribution in [3.63, 3.8) is 0 Å². The van der Waals surface area contributed by atoms with Crippen molar-refractivity contribution in [1.82, 2.24) is 4.57 Å². The van der Waals surface area contributed by atoms with E-state index in [2.05, 4.69) is 33.0 Å². The Morgan fingerprint density at radius 1 is 1.10 bits per heavy atom. The number of halogens is 1. The van der Waals surface area contributed by atoms with Gasteiger partial charge in [-0.2, -0.15) is 0 Å². The number of amides is 1. The molecule has 0 aliphatic heterocycles. The van der Waals surface area contributed by atoms with Crippen molar-refractivity contribution in [1.29, 1.82) is 0 Å². The number of nitrogens with zero attached hydrogens (tertiary/aromatic N) is 1. The van der Waals surface area contributed by atoms with Crippen LogP contribution in [0.2, 0.25) is 5.02 Å². The minimum absolute atomic E-state index is 0.0727. The highest BCUT2D eigenvalue weighted by molar-refractivity contribution is 6.31. The van der Waals surface area contributed by atoms with Gasteiger partial charge in [-0.1, -0.05) is 57.5 Å². The largest absolute Gasteiger partial charge is 0.380 e. The van der Waals surface area contributed by atoms with Gasteiger partial charge in [-0.15, -0.1) is 0 Å². The maximum absolute atomic E-state index is 13.3. The fraction of sp³-hybridized carbons (Fsp3) is 0.500. The molecule has 0 bridgehead atoms. The molecular weight excluding hydrogens is 400 g/mol. The smallest absolute Gasteiger partial charge is 0.261 e. The van der Waals surface area contributed by atoms with E-state index in [1.807, 2.05) is 29.7 Å². The summed E-state index contributed by atoms with van der Waals surface area (Å²) in [6, 6.07) is 6.04. The third-order valence-electron chi connectivity index (χ3n) is 5.42. The van der Waals surface area contributed by atoms with Crippen LogP contribution in [0.25, 0.3) is 0 Å². The van der Waals surface area contributed by atoms with Gasteiger partial charge in [0.05, 0.1) is 6.61 Å². The summed E-state index contributed by atoms with van der Waals surface area (Å²) in [4.78, 5) is 26.3. The van der Waals surface area contributed by atoms with Crippen LogP contribution in [0, 0.1) is 13.8 Å². The highest BCUT2D eigenvalue weighted by atomic mass is 35.5. The zero-order chi connectivity index (χ0) is 22.6. The number of aromatic nitrogens is 1. The van der Waals surface area contributed by atoms with Gasteiger partial charge in [0.25, 0.3) is 5.91 Å². The number of para-hydroxylation sites is 1. The van der Waals surface area contributed by atoms with E-state index in [4.69, 9.17) is 16.3 Å². The Bertz CT molecular complexity index is 951. The van der Waals surface area contributed by atoms with Crippen LogP contribution < -0.4 is 10.7 Å². The van der Waals surface area contributed by atoms with Crippen LogP contribution in [0.15, 0.2) is 23.0 Å². The second kappa shape index (κ2) is 10.3. The predicted octanol–water partition coefficient (Wildman–Crippen LogP) is 5.65. The molecule has 2 aromatic rings. The molecule has 1 N–H and O–H groups in total. The van der Waals surface area contributed by atoms with Gasteiger partial charge in [0.1, 0.15) is 10.6 Å². The van der Waals surface area contributed by atoms with Crippen molar-refractivity contribution < 1.29 is 9.53 Å². The topological polar surface area (TPSA) is 60.3 Å². The number of ether oxygens (including phenoxy) is 1. The van der Waals surface area contributed by atoms with Crippen molar-refractivity contribution in [2.45, 2.75) is 66.8 Å². The fourth-order valence-corrected chi connectivity index (χ4v) is 3.91. The molecule has 0 atom stereocenters. The SMILES string of the molecule is CCOCCn1c(C)c(Cl)c(=O)c(C(=O)Nc2c(C(C)C)cccc2C(C)C)c1C. The van der Waals surface area contributed by atoms with E-state index in [0.717, 1.165) is 16.8 Å². The average Bonchev–Trinajstić information content (AvgIpc) is 2.68. The quantitative estimate of drug-likeness (QED) is 0.548. The monoisotopic (exact) mass is 432 g/mol. The molecule has 0 unspecified atom stereocenters. The first-order valence-corrected chi connectivity index (χ1v) is 10.9. The molecule has 1 heterocycles. The normalized spacial score (nSPS) is 11.4. The second-order valence-corrected chi connectivity index (χ2v) is 8.49. The summed E-state index contributed by atoms with van der Waals surface area (Å²) in [5, 5.41) is 3.11. The summed E-state index contributed by atoms with van der Waals surface area (Å²) < 4.78 is 7.34. The summed E-state index contributed by atoms with van der Waals surface area (Å²) >= 11 is 6.33. The number of nitrogens with one attached hydrogen (secondary N) is 1. The number of rotatable bonds is 8. The number of hydrogen-bond donors (Lipinski definition) is 1. The molecule has 30 heavy (non-hydrogen) atoms. The lowest BCUT2D eigenvalue weighted by molar-refractivity contribution is 0.102. The van der Waals surface area contributed by atoms with Crippen molar-refractivity contribution in [2.24, 2.45) is 0 Å². The average molecular weight is 433 g/mol. The molecule has 164 valence electrons. The van der Waals surface area contributed by atoms with E-state index < -0.39 is 11.3 Å². The molecule has 1 aromatic carbocycles. The Balaban J connectivity index is 2.57. The Morgan fingerprint density at radius 3 is 2.17 bits per heavy atom. The van der Waals surface area contributed by atoms with Gasteiger partial charge in [0, 0.05) is 30.2 Å². The summed E-state index contributed by atoms with van der Waals surface area (Å²) in [6.45, 7) is 15.4. The second-order valence-electron chi connectivity index (χ2n) is 8.11. The maximum Gasteiger partial charge on any atom is 0.261 e. The highest BCUT2D eigenvalue weighted by Crippen LogP contribution is 2.32. The molecule has 0 radical (unpaired) electrons. The Labute approximate surface area is 184 Å². The Morgan fingerprint density at radius 2 is 1.67 bits per heavy atom. The number of anilines is 1. The first-order chi connectivity index (χ1) is 14.1. The molecule has 0 aliphatic carbocycles. The molecule has 1 aromatic heterocycles. The van der Waals surface area contributed by atoms with E-state index in [-0.39, 0.29) is 22.4 Å². The van der Waals surface area contributed by atoms with Crippen LogP contribution in [0.4, 0.5) is 5.69 Å². The number of carbonyl (C=O) groups excluding carboxylic acids is 1. The minimum Gasteiger partial charge on any atom is -0.380 e. The maximum atomic E-state index is 13.3. The van der Waals surface area contributed by atoms with E-state index in [1.165, 1.54) is 0 Å². The van der Waals surface area contributed by atoms with Crippen LogP contribution in [0.5, 0.6) is 0 Å². The standard InChI is InChI=1S/C24H33ClN2O3/c1-8-30-13-12-27-16(6)20(23(28)21(25)17(27)7)24(29)26-22-18(14(2)3)10-9-11-19(22)15(4)5/h9-11,14-15H,8,12-13H2,1-7H3,(H,26,29). The van der Waals surface area contributed by atoms with Gasteiger partial charge in [-0.3, -0.25) is 9.59 Å². The first kappa shape index (κ1) is 24.2. The molecule has 5 nitrogen and oxygen atoms in total. The number of hydrogen-bond acceptors (Lipinski definition) is 3. The van der Waals surface area contributed by atoms with Gasteiger partial charge < -0.3 is 14.6 Å². The van der Waals surface area contributed by atoms with Crippen LogP contribution in [0.1, 0.15) is 79.3 Å². The summed E-state index contributed by atoms with van der Waals surface area (Å²) in [6.07, 6.45) is 0. The van der Waals surface area contributed by atoms with E-state index in [1.54, 1.807) is 13.8 Å². The minimum atomic E-state index is -0.440. The van der Waals surface area contributed by atoms with E-state index >= 15 is 0 Å².